The fourth-order valence-corrected chi connectivity index (χ4v) is 5.15. The molecule has 0 unspecified atom stereocenters. The number of aromatic nitrogens is 2. The molecule has 0 N–H and O–H groups in total. The Morgan fingerprint density at radius 2 is 1.96 bits per heavy atom. The molecule has 3 aromatic rings. The largest absolute Gasteiger partial charge is 0.497 e. The fraction of sp³-hybridized carbons (Fsp3) is 0.381. The van der Waals surface area contributed by atoms with Gasteiger partial charge in [0, 0.05) is 38.2 Å². The maximum Gasteiger partial charge on any atom is 0.118 e. The summed E-state index contributed by atoms with van der Waals surface area (Å²) in [5.41, 5.74) is 3.90. The Morgan fingerprint density at radius 1 is 1.12 bits per heavy atom. The van der Waals surface area contributed by atoms with Gasteiger partial charge in [-0.2, -0.15) is 11.3 Å². The van der Waals surface area contributed by atoms with E-state index in [4.69, 9.17) is 9.72 Å². The summed E-state index contributed by atoms with van der Waals surface area (Å²) in [6.45, 7) is 4.57. The summed E-state index contributed by atoms with van der Waals surface area (Å²) in [6, 6.07) is 10.6. The van der Waals surface area contributed by atoms with Crippen molar-refractivity contribution in [3.63, 3.8) is 0 Å². The number of hydrogen-bond acceptors (Lipinski definition) is 4. The van der Waals surface area contributed by atoms with Crippen LogP contribution in [0.15, 0.2) is 47.3 Å². The van der Waals surface area contributed by atoms with Crippen LogP contribution in [-0.4, -0.2) is 34.7 Å². The van der Waals surface area contributed by atoms with Crippen LogP contribution in [0.3, 0.4) is 0 Å². The van der Waals surface area contributed by atoms with Gasteiger partial charge in [0.1, 0.15) is 11.6 Å². The van der Waals surface area contributed by atoms with Crippen molar-refractivity contribution in [3.05, 3.63) is 58.7 Å². The van der Waals surface area contributed by atoms with Crippen molar-refractivity contribution in [1.82, 2.24) is 14.5 Å². The normalized spacial score (nSPS) is 22.2. The minimum Gasteiger partial charge on any atom is -0.497 e. The Balaban J connectivity index is 1.35. The third-order valence-electron chi connectivity index (χ3n) is 5.82. The smallest absolute Gasteiger partial charge is 0.118 e. The maximum absolute atomic E-state index is 5.28. The lowest BCUT2D eigenvalue weighted by molar-refractivity contribution is 0.307. The number of methoxy groups -OCH3 is 1. The number of benzene rings is 1. The average molecular weight is 366 g/mol. The molecule has 2 atom stereocenters. The van der Waals surface area contributed by atoms with Crippen LogP contribution < -0.4 is 4.74 Å². The van der Waals surface area contributed by atoms with Crippen LogP contribution in [0.1, 0.15) is 11.4 Å². The lowest BCUT2D eigenvalue weighted by Gasteiger charge is -2.27. The number of thiophene rings is 1. The van der Waals surface area contributed by atoms with E-state index in [1.54, 1.807) is 18.4 Å². The van der Waals surface area contributed by atoms with E-state index in [0.717, 1.165) is 37.1 Å². The van der Waals surface area contributed by atoms with Crippen molar-refractivity contribution in [2.75, 3.05) is 20.2 Å². The second-order valence-electron chi connectivity index (χ2n) is 7.45. The molecule has 1 fully saturated rings. The van der Waals surface area contributed by atoms with E-state index in [1.165, 1.54) is 35.7 Å². The third-order valence-corrected chi connectivity index (χ3v) is 6.56. The van der Waals surface area contributed by atoms with Gasteiger partial charge in [0.25, 0.3) is 0 Å². The lowest BCUT2D eigenvalue weighted by Crippen LogP contribution is -2.28. The summed E-state index contributed by atoms with van der Waals surface area (Å²) < 4.78 is 7.73. The summed E-state index contributed by atoms with van der Waals surface area (Å²) in [4.78, 5) is 7.37. The van der Waals surface area contributed by atoms with E-state index < -0.39 is 0 Å². The van der Waals surface area contributed by atoms with E-state index in [1.807, 2.05) is 18.3 Å². The van der Waals surface area contributed by atoms with Crippen LogP contribution in [-0.2, 0) is 19.5 Å². The molecule has 0 spiro atoms. The van der Waals surface area contributed by atoms with Crippen molar-refractivity contribution in [3.8, 4) is 17.0 Å². The van der Waals surface area contributed by atoms with Crippen molar-refractivity contribution < 1.29 is 4.74 Å². The van der Waals surface area contributed by atoms with Crippen LogP contribution in [0, 0.1) is 11.8 Å². The van der Waals surface area contributed by atoms with Gasteiger partial charge in [-0.05, 0) is 58.5 Å². The number of hydrogen-bond donors (Lipinski definition) is 0. The fourth-order valence-electron chi connectivity index (χ4n) is 4.49. The number of rotatable bonds is 4. The number of fused-ring (bicyclic) bond motifs is 2. The number of ether oxygens (including phenoxy) is 1. The second kappa shape index (κ2) is 6.56. The first-order chi connectivity index (χ1) is 12.8. The van der Waals surface area contributed by atoms with Crippen molar-refractivity contribution in [2.45, 2.75) is 19.5 Å². The Bertz CT molecular complexity index is 885. The molecule has 134 valence electrons. The van der Waals surface area contributed by atoms with Crippen LogP contribution in [0.2, 0.25) is 0 Å². The Labute approximate surface area is 158 Å². The van der Waals surface area contributed by atoms with E-state index in [0.29, 0.717) is 0 Å². The summed E-state index contributed by atoms with van der Waals surface area (Å²) >= 11 is 1.79. The molecule has 0 saturated carbocycles. The van der Waals surface area contributed by atoms with Gasteiger partial charge in [-0.3, -0.25) is 4.90 Å². The highest BCUT2D eigenvalue weighted by atomic mass is 32.1. The van der Waals surface area contributed by atoms with E-state index in [-0.39, 0.29) is 0 Å². The molecule has 4 heterocycles. The summed E-state index contributed by atoms with van der Waals surface area (Å²) in [7, 11) is 1.71. The standard InChI is InChI=1S/C21H23N3OS/c1-25-19-4-2-16(3-5-19)20-9-22-21-8-17-11-23(10-15-6-7-26-14-15)12-18(17)13-24(20)21/h2-7,9,14,17-18H,8,10-13H2,1H3/t17-,18+/m1/s1. The quantitative estimate of drug-likeness (QED) is 0.702. The number of likely N-dealkylation sites (tertiary alicyclic amines) is 1. The zero-order valence-electron chi connectivity index (χ0n) is 15.0. The molecule has 4 nitrogen and oxygen atoms in total. The van der Waals surface area contributed by atoms with Gasteiger partial charge >= 0.3 is 0 Å². The molecule has 0 bridgehead atoms. The molecule has 5 heteroatoms. The molecule has 0 radical (unpaired) electrons. The number of nitrogens with zero attached hydrogens (tertiary/aromatic N) is 3. The van der Waals surface area contributed by atoms with Gasteiger partial charge in [-0.15, -0.1) is 0 Å². The highest BCUT2D eigenvalue weighted by molar-refractivity contribution is 7.07. The average Bonchev–Trinajstić information content (AvgIpc) is 3.39. The molecule has 2 aromatic heterocycles. The Morgan fingerprint density at radius 3 is 2.73 bits per heavy atom. The molecule has 5 rings (SSSR count). The summed E-state index contributed by atoms with van der Waals surface area (Å²) in [6.07, 6.45) is 3.14. The Hall–Kier alpha value is -2.11. The molecule has 0 amide bonds. The number of imidazole rings is 1. The lowest BCUT2D eigenvalue weighted by atomic mass is 9.89. The van der Waals surface area contributed by atoms with Crippen molar-refractivity contribution in [1.29, 1.82) is 0 Å². The molecule has 26 heavy (non-hydrogen) atoms. The van der Waals surface area contributed by atoms with Gasteiger partial charge in [0.15, 0.2) is 0 Å². The van der Waals surface area contributed by atoms with E-state index >= 15 is 0 Å². The zero-order chi connectivity index (χ0) is 17.5. The highest BCUT2D eigenvalue weighted by Gasteiger charge is 2.37. The molecule has 1 saturated heterocycles. The van der Waals surface area contributed by atoms with Crippen LogP contribution >= 0.6 is 11.3 Å². The third kappa shape index (κ3) is 2.85. The molecule has 1 aromatic carbocycles. The minimum atomic E-state index is 0.729. The predicted molar refractivity (Wildman–Crippen MR) is 104 cm³/mol. The summed E-state index contributed by atoms with van der Waals surface area (Å²) in [5.74, 6) is 3.61. The zero-order valence-corrected chi connectivity index (χ0v) is 15.8. The second-order valence-corrected chi connectivity index (χ2v) is 8.23. The van der Waals surface area contributed by atoms with Crippen molar-refractivity contribution in [2.24, 2.45) is 11.8 Å². The molecular weight excluding hydrogens is 342 g/mol. The van der Waals surface area contributed by atoms with E-state index in [2.05, 4.69) is 38.4 Å². The van der Waals surface area contributed by atoms with Crippen LogP contribution in [0.5, 0.6) is 5.75 Å². The van der Waals surface area contributed by atoms with Gasteiger partial charge in [0.2, 0.25) is 0 Å². The highest BCUT2D eigenvalue weighted by Crippen LogP contribution is 2.36. The van der Waals surface area contributed by atoms with Gasteiger partial charge in [0.05, 0.1) is 19.0 Å². The topological polar surface area (TPSA) is 30.3 Å². The first-order valence-electron chi connectivity index (χ1n) is 9.22. The first-order valence-corrected chi connectivity index (χ1v) is 10.2. The van der Waals surface area contributed by atoms with Gasteiger partial charge < -0.3 is 9.30 Å². The van der Waals surface area contributed by atoms with Crippen molar-refractivity contribution >= 4 is 11.3 Å². The van der Waals surface area contributed by atoms with Crippen LogP contribution in [0.4, 0.5) is 0 Å². The molecular formula is C21H23N3OS. The summed E-state index contributed by atoms with van der Waals surface area (Å²) in [5, 5.41) is 4.45. The molecule has 2 aliphatic rings. The van der Waals surface area contributed by atoms with Gasteiger partial charge in [-0.25, -0.2) is 4.98 Å². The molecule has 0 aliphatic carbocycles. The van der Waals surface area contributed by atoms with Gasteiger partial charge in [-0.1, -0.05) is 0 Å². The maximum atomic E-state index is 5.28. The van der Waals surface area contributed by atoms with Crippen LogP contribution in [0.25, 0.3) is 11.3 Å². The predicted octanol–water partition coefficient (Wildman–Crippen LogP) is 3.92. The van der Waals surface area contributed by atoms with E-state index in [9.17, 15) is 0 Å². The first kappa shape index (κ1) is 16.1. The minimum absolute atomic E-state index is 0.729. The monoisotopic (exact) mass is 365 g/mol. The Kier molecular flexibility index (Phi) is 4.06. The SMILES string of the molecule is COc1ccc(-c2cnc3n2C[C@@H]2CN(Cc4ccsc4)C[C@H]2C3)cc1. The molecule has 2 aliphatic heterocycles.